The Morgan fingerprint density at radius 1 is 1.64 bits per heavy atom. The molecule has 1 rings (SSSR count). The van der Waals surface area contributed by atoms with E-state index in [0.29, 0.717) is 5.88 Å². The molecule has 0 aliphatic rings. The van der Waals surface area contributed by atoms with Crippen molar-refractivity contribution in [1.82, 2.24) is 4.98 Å². The summed E-state index contributed by atoms with van der Waals surface area (Å²) in [7, 11) is 7.36. The smallest absolute Gasteiger partial charge is 0.211 e. The van der Waals surface area contributed by atoms with Crippen molar-refractivity contribution in [3.63, 3.8) is 0 Å². The van der Waals surface area contributed by atoms with Crippen LogP contribution in [0.4, 0.5) is 0 Å². The van der Waals surface area contributed by atoms with E-state index in [1.807, 2.05) is 5.38 Å². The normalized spacial score (nSPS) is 9.09. The van der Waals surface area contributed by atoms with E-state index in [4.69, 9.17) is 15.8 Å². The minimum absolute atomic E-state index is 0.539. The van der Waals surface area contributed by atoms with E-state index in [-0.39, 0.29) is 0 Å². The van der Waals surface area contributed by atoms with Gasteiger partial charge in [-0.05, 0) is 0 Å². The average Bonchev–Trinajstić information content (AvgIpc) is 2.36. The number of alkyl halides is 1. The molecule has 0 N–H and O–H groups in total. The van der Waals surface area contributed by atoms with Crippen molar-refractivity contribution in [2.75, 3.05) is 0 Å². The monoisotopic (exact) mass is 251 g/mol. The van der Waals surface area contributed by atoms with Gasteiger partial charge < -0.3 is 0 Å². The lowest BCUT2D eigenvalue weighted by molar-refractivity contribution is 0.698. The van der Waals surface area contributed by atoms with Crippen molar-refractivity contribution in [2.24, 2.45) is 0 Å². The second-order valence-electron chi connectivity index (χ2n) is 1.24. The number of hydrogen-bond donors (Lipinski definition) is 0. The summed E-state index contributed by atoms with van der Waals surface area (Å²) in [6, 6.07) is 0. The summed E-state index contributed by atoms with van der Waals surface area (Å²) in [5.41, 5.74) is 0. The Hall–Kier alpha value is 0.650. The van der Waals surface area contributed by atoms with Crippen molar-refractivity contribution in [1.29, 1.82) is 0 Å². The SMILES string of the molecule is ClCc1nccs1.O=S(Cl)Cl. The van der Waals surface area contributed by atoms with E-state index in [9.17, 15) is 0 Å². The maximum absolute atomic E-state index is 9.09. The Balaban J connectivity index is 0.000000218. The highest BCUT2D eigenvalue weighted by Crippen LogP contribution is 2.05. The van der Waals surface area contributed by atoms with Gasteiger partial charge in [0.2, 0.25) is 9.23 Å². The van der Waals surface area contributed by atoms with Gasteiger partial charge in [-0.25, -0.2) is 9.19 Å². The molecule has 64 valence electrons. The van der Waals surface area contributed by atoms with Gasteiger partial charge in [0.05, 0.1) is 5.88 Å². The lowest BCUT2D eigenvalue weighted by Crippen LogP contribution is -1.67. The highest BCUT2D eigenvalue weighted by molar-refractivity contribution is 8.26. The molecule has 0 aliphatic carbocycles. The van der Waals surface area contributed by atoms with Crippen LogP contribution >= 0.6 is 44.3 Å². The third-order valence-corrected chi connectivity index (χ3v) is 1.79. The third kappa shape index (κ3) is 8.56. The van der Waals surface area contributed by atoms with E-state index in [1.165, 1.54) is 0 Å². The Kier molecular flexibility index (Phi) is 7.74. The molecule has 7 heteroatoms. The van der Waals surface area contributed by atoms with E-state index in [1.54, 1.807) is 17.5 Å². The Morgan fingerprint density at radius 3 is 2.36 bits per heavy atom. The Morgan fingerprint density at radius 2 is 2.18 bits per heavy atom. The molecule has 11 heavy (non-hydrogen) atoms. The van der Waals surface area contributed by atoms with E-state index >= 15 is 0 Å². The van der Waals surface area contributed by atoms with Gasteiger partial charge in [0.25, 0.3) is 0 Å². The number of halogens is 3. The zero-order chi connectivity index (χ0) is 8.69. The zero-order valence-corrected chi connectivity index (χ0v) is 9.07. The van der Waals surface area contributed by atoms with Crippen LogP contribution in [0.15, 0.2) is 11.6 Å². The second-order valence-corrected chi connectivity index (χ2v) is 5.01. The summed E-state index contributed by atoms with van der Waals surface area (Å²) in [5, 5.41) is 2.90. The van der Waals surface area contributed by atoms with E-state index < -0.39 is 9.23 Å². The zero-order valence-electron chi connectivity index (χ0n) is 5.17. The first-order valence-corrected chi connectivity index (χ1v) is 6.57. The number of thiazole rings is 1. The Labute approximate surface area is 85.0 Å². The molecule has 0 atom stereocenters. The lowest BCUT2D eigenvalue weighted by Gasteiger charge is -1.75. The summed E-state index contributed by atoms with van der Waals surface area (Å²) in [4.78, 5) is 3.92. The lowest BCUT2D eigenvalue weighted by atomic mass is 10.8. The largest absolute Gasteiger partial charge is 0.248 e. The highest BCUT2D eigenvalue weighted by atomic mass is 36.0. The van der Waals surface area contributed by atoms with Crippen LogP contribution in [0.3, 0.4) is 0 Å². The van der Waals surface area contributed by atoms with E-state index in [0.717, 1.165) is 5.01 Å². The van der Waals surface area contributed by atoms with Crippen LogP contribution in [0.5, 0.6) is 0 Å². The molecule has 1 aromatic heterocycles. The molecule has 0 saturated carbocycles. The fourth-order valence-electron chi connectivity index (χ4n) is 0.319. The van der Waals surface area contributed by atoms with Gasteiger partial charge in [0, 0.05) is 32.9 Å². The van der Waals surface area contributed by atoms with Crippen LogP contribution in [0.25, 0.3) is 0 Å². The number of nitrogens with zero attached hydrogens (tertiary/aromatic N) is 1. The fourth-order valence-corrected chi connectivity index (χ4v) is 1.04. The van der Waals surface area contributed by atoms with Crippen LogP contribution in [-0.2, 0) is 15.1 Å². The van der Waals surface area contributed by atoms with Crippen LogP contribution in [0, 0.1) is 0 Å². The molecule has 0 saturated heterocycles. The molecule has 0 radical (unpaired) electrons. The Bertz CT molecular complexity index is 199. The molecule has 0 aromatic carbocycles. The van der Waals surface area contributed by atoms with Crippen molar-refractivity contribution in [3.05, 3.63) is 16.6 Å². The predicted octanol–water partition coefficient (Wildman–Crippen LogP) is 2.92. The fraction of sp³-hybridized carbons (Fsp3) is 0.250. The quantitative estimate of drug-likeness (QED) is 0.568. The number of aromatic nitrogens is 1. The van der Waals surface area contributed by atoms with Gasteiger partial charge in [-0.3, -0.25) is 0 Å². The van der Waals surface area contributed by atoms with Crippen molar-refractivity contribution < 1.29 is 4.21 Å². The van der Waals surface area contributed by atoms with Crippen LogP contribution in [0.1, 0.15) is 5.01 Å². The van der Waals surface area contributed by atoms with Gasteiger partial charge >= 0.3 is 0 Å². The summed E-state index contributed by atoms with van der Waals surface area (Å²) in [6.07, 6.45) is 1.75. The number of rotatable bonds is 1. The van der Waals surface area contributed by atoms with E-state index in [2.05, 4.69) is 26.3 Å². The molecule has 0 aliphatic heterocycles. The number of hydrogen-bond acceptors (Lipinski definition) is 3. The molecule has 0 spiro atoms. The summed E-state index contributed by atoms with van der Waals surface area (Å²) in [5.74, 6) is 0.539. The molecule has 0 bridgehead atoms. The van der Waals surface area contributed by atoms with Crippen molar-refractivity contribution in [3.8, 4) is 0 Å². The minimum atomic E-state index is -1.67. The van der Waals surface area contributed by atoms with Gasteiger partial charge in [0.1, 0.15) is 5.01 Å². The van der Waals surface area contributed by atoms with Crippen LogP contribution in [-0.4, -0.2) is 9.19 Å². The van der Waals surface area contributed by atoms with Crippen molar-refractivity contribution >= 4 is 53.5 Å². The van der Waals surface area contributed by atoms with Gasteiger partial charge in [-0.1, -0.05) is 0 Å². The standard InChI is InChI=1S/C4H4ClNS.Cl2OS/c5-3-4-6-1-2-7-4;1-4(2)3/h1-2H,3H2;. The molecular weight excluding hydrogens is 249 g/mol. The maximum atomic E-state index is 9.09. The topological polar surface area (TPSA) is 30.0 Å². The summed E-state index contributed by atoms with van der Waals surface area (Å²) >= 11 is 7.00. The highest BCUT2D eigenvalue weighted by Gasteiger charge is 1.86. The van der Waals surface area contributed by atoms with Gasteiger partial charge in [-0.2, -0.15) is 0 Å². The summed E-state index contributed by atoms with van der Waals surface area (Å²) < 4.78 is 9.09. The first kappa shape index (κ1) is 11.6. The molecular formula is C4H4Cl3NOS2. The molecule has 0 fully saturated rings. The molecule has 0 unspecified atom stereocenters. The van der Waals surface area contributed by atoms with Crippen molar-refractivity contribution in [2.45, 2.75) is 5.88 Å². The molecule has 2 nitrogen and oxygen atoms in total. The average molecular weight is 253 g/mol. The van der Waals surface area contributed by atoms with Crippen LogP contribution < -0.4 is 0 Å². The van der Waals surface area contributed by atoms with Gasteiger partial charge in [0.15, 0.2) is 0 Å². The molecule has 1 heterocycles. The van der Waals surface area contributed by atoms with Gasteiger partial charge in [-0.15, -0.1) is 22.9 Å². The maximum Gasteiger partial charge on any atom is 0.211 e. The first-order chi connectivity index (χ1) is 5.16. The molecule has 1 aromatic rings. The minimum Gasteiger partial charge on any atom is -0.248 e. The third-order valence-electron chi connectivity index (χ3n) is 0.598. The van der Waals surface area contributed by atoms with Crippen LogP contribution in [0.2, 0.25) is 0 Å². The summed E-state index contributed by atoms with van der Waals surface area (Å²) in [6.45, 7) is 0. The first-order valence-electron chi connectivity index (χ1n) is 2.35. The molecule has 0 amide bonds. The second kappa shape index (κ2) is 7.31. The predicted molar refractivity (Wildman–Crippen MR) is 51.5 cm³/mol.